The molecule has 0 saturated heterocycles. The van der Waals surface area contributed by atoms with Crippen LogP contribution in [0.15, 0.2) is 12.4 Å². The van der Waals surface area contributed by atoms with E-state index in [1.165, 1.54) is 4.88 Å². The van der Waals surface area contributed by atoms with Crippen LogP contribution >= 0.6 is 11.3 Å². The van der Waals surface area contributed by atoms with Gasteiger partial charge in [0.15, 0.2) is 5.82 Å². The van der Waals surface area contributed by atoms with Crippen molar-refractivity contribution in [1.29, 1.82) is 0 Å². The van der Waals surface area contributed by atoms with Crippen molar-refractivity contribution in [2.24, 2.45) is 7.05 Å². The van der Waals surface area contributed by atoms with Crippen molar-refractivity contribution in [2.45, 2.75) is 6.92 Å². The highest BCUT2D eigenvalue weighted by atomic mass is 32.1. The highest BCUT2D eigenvalue weighted by Crippen LogP contribution is 2.31. The largest absolute Gasteiger partial charge is 0.390 e. The first-order valence-electron chi connectivity index (χ1n) is 3.89. The minimum atomic E-state index is 0.800. The van der Waals surface area contributed by atoms with Gasteiger partial charge in [-0.3, -0.25) is 0 Å². The zero-order chi connectivity index (χ0) is 9.42. The SMILES string of the molecule is Cc1cc(-c2nncn2C)c(N)s1. The van der Waals surface area contributed by atoms with Crippen LogP contribution in [0.4, 0.5) is 5.00 Å². The predicted octanol–water partition coefficient (Wildman–Crippen LogP) is 1.43. The highest BCUT2D eigenvalue weighted by molar-refractivity contribution is 7.16. The van der Waals surface area contributed by atoms with Crippen LogP contribution in [-0.4, -0.2) is 14.8 Å². The first-order chi connectivity index (χ1) is 6.18. The summed E-state index contributed by atoms with van der Waals surface area (Å²) >= 11 is 1.57. The Kier molecular flexibility index (Phi) is 1.81. The first-order valence-corrected chi connectivity index (χ1v) is 4.70. The van der Waals surface area contributed by atoms with E-state index in [4.69, 9.17) is 5.73 Å². The van der Waals surface area contributed by atoms with Crippen molar-refractivity contribution < 1.29 is 0 Å². The molecule has 4 nitrogen and oxygen atoms in total. The van der Waals surface area contributed by atoms with Crippen LogP contribution in [0, 0.1) is 6.92 Å². The average Bonchev–Trinajstić information content (AvgIpc) is 2.58. The molecule has 0 saturated carbocycles. The van der Waals surface area contributed by atoms with Crippen molar-refractivity contribution in [2.75, 3.05) is 5.73 Å². The fourth-order valence-corrected chi connectivity index (χ4v) is 2.02. The fraction of sp³-hybridized carbons (Fsp3) is 0.250. The van der Waals surface area contributed by atoms with Gasteiger partial charge in [0, 0.05) is 11.9 Å². The maximum Gasteiger partial charge on any atom is 0.166 e. The highest BCUT2D eigenvalue weighted by Gasteiger charge is 2.10. The van der Waals surface area contributed by atoms with Crippen LogP contribution in [0.3, 0.4) is 0 Å². The second kappa shape index (κ2) is 2.85. The van der Waals surface area contributed by atoms with Gasteiger partial charge >= 0.3 is 0 Å². The van der Waals surface area contributed by atoms with Gasteiger partial charge in [-0.2, -0.15) is 0 Å². The van der Waals surface area contributed by atoms with Gasteiger partial charge in [0.25, 0.3) is 0 Å². The monoisotopic (exact) mass is 194 g/mol. The summed E-state index contributed by atoms with van der Waals surface area (Å²) in [5, 5.41) is 8.61. The number of anilines is 1. The number of aromatic nitrogens is 3. The number of hydrogen-bond donors (Lipinski definition) is 1. The van der Waals surface area contributed by atoms with Crippen molar-refractivity contribution >= 4 is 16.3 Å². The van der Waals surface area contributed by atoms with E-state index in [0.29, 0.717) is 0 Å². The van der Waals surface area contributed by atoms with E-state index in [0.717, 1.165) is 16.4 Å². The van der Waals surface area contributed by atoms with Crippen molar-refractivity contribution in [1.82, 2.24) is 14.8 Å². The quantitative estimate of drug-likeness (QED) is 0.747. The molecule has 68 valence electrons. The molecular formula is C8H10N4S. The molecule has 0 aliphatic rings. The molecule has 2 N–H and O–H groups in total. The Morgan fingerprint density at radius 3 is 2.77 bits per heavy atom. The van der Waals surface area contributed by atoms with Gasteiger partial charge < -0.3 is 10.3 Å². The van der Waals surface area contributed by atoms with Gasteiger partial charge in [-0.15, -0.1) is 21.5 Å². The second-order valence-corrected chi connectivity index (χ2v) is 4.19. The minimum Gasteiger partial charge on any atom is -0.390 e. The summed E-state index contributed by atoms with van der Waals surface area (Å²) in [7, 11) is 1.90. The van der Waals surface area contributed by atoms with E-state index in [-0.39, 0.29) is 0 Å². The minimum absolute atomic E-state index is 0.800. The van der Waals surface area contributed by atoms with Gasteiger partial charge in [0.2, 0.25) is 0 Å². The van der Waals surface area contributed by atoms with Crippen LogP contribution in [0.25, 0.3) is 11.4 Å². The maximum atomic E-state index is 5.84. The first kappa shape index (κ1) is 8.25. The number of nitrogens with two attached hydrogens (primary N) is 1. The number of nitrogens with zero attached hydrogens (tertiary/aromatic N) is 3. The third kappa shape index (κ3) is 1.31. The number of hydrogen-bond acceptors (Lipinski definition) is 4. The maximum absolute atomic E-state index is 5.84. The smallest absolute Gasteiger partial charge is 0.166 e. The number of rotatable bonds is 1. The average molecular weight is 194 g/mol. The van der Waals surface area contributed by atoms with Gasteiger partial charge in [-0.05, 0) is 13.0 Å². The zero-order valence-corrected chi connectivity index (χ0v) is 8.30. The Balaban J connectivity index is 2.58. The lowest BCUT2D eigenvalue weighted by Gasteiger charge is -1.97. The lowest BCUT2D eigenvalue weighted by atomic mass is 10.3. The second-order valence-electron chi connectivity index (χ2n) is 2.90. The summed E-state index contributed by atoms with van der Waals surface area (Å²) in [6.07, 6.45) is 1.67. The summed E-state index contributed by atoms with van der Waals surface area (Å²) in [5.74, 6) is 0.821. The molecule has 2 heterocycles. The van der Waals surface area contributed by atoms with Gasteiger partial charge in [0.05, 0.1) is 10.6 Å². The molecule has 2 aromatic rings. The Labute approximate surface area is 80.0 Å². The summed E-state index contributed by atoms with van der Waals surface area (Å²) < 4.78 is 1.86. The van der Waals surface area contributed by atoms with Crippen molar-refractivity contribution in [3.63, 3.8) is 0 Å². The van der Waals surface area contributed by atoms with Crippen LogP contribution in [0.1, 0.15) is 4.88 Å². The third-order valence-corrected chi connectivity index (χ3v) is 2.72. The number of nitrogen functional groups attached to an aromatic ring is 1. The molecule has 2 aromatic heterocycles. The lowest BCUT2D eigenvalue weighted by molar-refractivity contribution is 0.920. The molecule has 13 heavy (non-hydrogen) atoms. The van der Waals surface area contributed by atoms with Crippen LogP contribution in [0.2, 0.25) is 0 Å². The summed E-state index contributed by atoms with van der Waals surface area (Å²) in [6.45, 7) is 2.03. The van der Waals surface area contributed by atoms with Gasteiger partial charge in [0.1, 0.15) is 6.33 Å². The van der Waals surface area contributed by atoms with E-state index in [1.807, 2.05) is 24.6 Å². The van der Waals surface area contributed by atoms with E-state index in [9.17, 15) is 0 Å². The van der Waals surface area contributed by atoms with Gasteiger partial charge in [-0.1, -0.05) is 0 Å². The Hall–Kier alpha value is -1.36. The van der Waals surface area contributed by atoms with Crippen molar-refractivity contribution in [3.05, 3.63) is 17.3 Å². The molecule has 0 unspecified atom stereocenters. The van der Waals surface area contributed by atoms with Gasteiger partial charge in [-0.25, -0.2) is 0 Å². The summed E-state index contributed by atoms with van der Waals surface area (Å²) in [6, 6.07) is 2.03. The van der Waals surface area contributed by atoms with Crippen molar-refractivity contribution in [3.8, 4) is 11.4 Å². The predicted molar refractivity (Wildman–Crippen MR) is 53.5 cm³/mol. The molecule has 0 radical (unpaired) electrons. The Bertz CT molecular complexity index is 429. The molecule has 0 atom stereocenters. The summed E-state index contributed by atoms with van der Waals surface area (Å²) in [5.41, 5.74) is 6.81. The third-order valence-electron chi connectivity index (χ3n) is 1.84. The molecule has 0 bridgehead atoms. The van der Waals surface area contributed by atoms with E-state index in [1.54, 1.807) is 17.7 Å². The molecule has 0 spiro atoms. The standard InChI is InChI=1S/C8H10N4S/c1-5-3-6(7(9)13-5)8-11-10-4-12(8)2/h3-4H,9H2,1-2H3. The van der Waals surface area contributed by atoms with Crippen LogP contribution in [0.5, 0.6) is 0 Å². The normalized spacial score (nSPS) is 10.6. The number of aryl methyl sites for hydroxylation is 2. The molecule has 2 rings (SSSR count). The fourth-order valence-electron chi connectivity index (χ4n) is 1.23. The van der Waals surface area contributed by atoms with E-state index >= 15 is 0 Å². The zero-order valence-electron chi connectivity index (χ0n) is 7.48. The van der Waals surface area contributed by atoms with Crippen LogP contribution in [-0.2, 0) is 7.05 Å². The molecule has 0 amide bonds. The molecule has 0 aliphatic carbocycles. The molecular weight excluding hydrogens is 184 g/mol. The molecule has 0 aromatic carbocycles. The van der Waals surface area contributed by atoms with E-state index < -0.39 is 0 Å². The number of thiophene rings is 1. The molecule has 0 aliphatic heterocycles. The Morgan fingerprint density at radius 2 is 2.31 bits per heavy atom. The lowest BCUT2D eigenvalue weighted by Crippen LogP contribution is -1.92. The Morgan fingerprint density at radius 1 is 1.54 bits per heavy atom. The topological polar surface area (TPSA) is 56.7 Å². The van der Waals surface area contributed by atoms with Crippen LogP contribution < -0.4 is 5.73 Å². The molecule has 0 fully saturated rings. The van der Waals surface area contributed by atoms with E-state index in [2.05, 4.69) is 10.2 Å². The molecule has 5 heteroatoms. The summed E-state index contributed by atoms with van der Waals surface area (Å²) in [4.78, 5) is 1.19.